The van der Waals surface area contributed by atoms with Crippen LogP contribution in [-0.2, 0) is 13.1 Å². The topological polar surface area (TPSA) is 62.7 Å². The van der Waals surface area contributed by atoms with Crippen LogP contribution in [0.2, 0.25) is 0 Å². The van der Waals surface area contributed by atoms with Gasteiger partial charge in [-0.1, -0.05) is 32.0 Å². The molecule has 0 unspecified atom stereocenters. The van der Waals surface area contributed by atoms with Gasteiger partial charge in [-0.3, -0.25) is 4.57 Å². The Morgan fingerprint density at radius 2 is 2.14 bits per heavy atom. The highest BCUT2D eigenvalue weighted by Gasteiger charge is 2.11. The van der Waals surface area contributed by atoms with Crippen LogP contribution in [0, 0.1) is 5.92 Å². The van der Waals surface area contributed by atoms with E-state index in [2.05, 4.69) is 41.5 Å². The molecule has 0 aliphatic rings. The summed E-state index contributed by atoms with van der Waals surface area (Å²) < 4.78 is 1.64. The summed E-state index contributed by atoms with van der Waals surface area (Å²) in [6.45, 7) is 8.75. The van der Waals surface area contributed by atoms with Gasteiger partial charge in [-0.2, -0.15) is 0 Å². The van der Waals surface area contributed by atoms with Gasteiger partial charge in [-0.25, -0.2) is 9.89 Å². The van der Waals surface area contributed by atoms with Crippen molar-refractivity contribution in [2.24, 2.45) is 5.92 Å². The number of hydrogen-bond donors (Lipinski definition) is 2. The third-order valence-corrected chi connectivity index (χ3v) is 4.19. The standard InChI is InChI=1S/C15H22N4OS/c1-4-19-14(20)17-18-15(19)21-13-8-6-5-7-12(13)10-16-9-11(2)3/h5-8,11,16H,4,9-10H2,1-3H3,(H,17,20). The van der Waals surface area contributed by atoms with Crippen LogP contribution in [0.4, 0.5) is 0 Å². The van der Waals surface area contributed by atoms with Crippen molar-refractivity contribution in [1.29, 1.82) is 0 Å². The van der Waals surface area contributed by atoms with E-state index in [1.807, 2.05) is 19.1 Å². The maximum Gasteiger partial charge on any atom is 0.343 e. The van der Waals surface area contributed by atoms with Gasteiger partial charge in [0.25, 0.3) is 0 Å². The van der Waals surface area contributed by atoms with Crippen LogP contribution in [0.5, 0.6) is 0 Å². The van der Waals surface area contributed by atoms with Crippen molar-refractivity contribution in [1.82, 2.24) is 20.1 Å². The van der Waals surface area contributed by atoms with Crippen molar-refractivity contribution in [3.63, 3.8) is 0 Å². The summed E-state index contributed by atoms with van der Waals surface area (Å²) in [5.74, 6) is 0.626. The Morgan fingerprint density at radius 3 is 2.86 bits per heavy atom. The van der Waals surface area contributed by atoms with E-state index >= 15 is 0 Å². The molecule has 114 valence electrons. The van der Waals surface area contributed by atoms with Gasteiger partial charge in [-0.15, -0.1) is 5.10 Å². The monoisotopic (exact) mass is 306 g/mol. The third-order valence-electron chi connectivity index (χ3n) is 3.08. The van der Waals surface area contributed by atoms with Gasteiger partial charge in [0.05, 0.1) is 0 Å². The fraction of sp³-hybridized carbons (Fsp3) is 0.467. The molecule has 0 saturated carbocycles. The molecule has 0 fully saturated rings. The van der Waals surface area contributed by atoms with Crippen LogP contribution >= 0.6 is 11.8 Å². The molecule has 2 rings (SSSR count). The van der Waals surface area contributed by atoms with Gasteiger partial charge in [0.2, 0.25) is 0 Å². The smallest absolute Gasteiger partial charge is 0.312 e. The first-order valence-electron chi connectivity index (χ1n) is 7.23. The van der Waals surface area contributed by atoms with Crippen LogP contribution < -0.4 is 11.0 Å². The van der Waals surface area contributed by atoms with Crippen molar-refractivity contribution >= 4 is 11.8 Å². The SMILES string of the molecule is CCn1c(Sc2ccccc2CNCC(C)C)n[nH]c1=O. The lowest BCUT2D eigenvalue weighted by Crippen LogP contribution is -2.19. The van der Waals surface area contributed by atoms with Crippen molar-refractivity contribution in [3.8, 4) is 0 Å². The minimum atomic E-state index is -0.157. The maximum atomic E-state index is 11.6. The Balaban J connectivity index is 2.14. The number of aromatic nitrogens is 3. The summed E-state index contributed by atoms with van der Waals surface area (Å²) in [5, 5.41) is 10.8. The number of benzene rings is 1. The fourth-order valence-electron chi connectivity index (χ4n) is 2.00. The highest BCUT2D eigenvalue weighted by atomic mass is 32.2. The molecule has 0 bridgehead atoms. The minimum Gasteiger partial charge on any atom is -0.312 e. The molecule has 0 spiro atoms. The maximum absolute atomic E-state index is 11.6. The summed E-state index contributed by atoms with van der Waals surface area (Å²) >= 11 is 1.53. The molecule has 21 heavy (non-hydrogen) atoms. The first-order chi connectivity index (χ1) is 10.1. The number of aromatic amines is 1. The molecule has 0 aliphatic carbocycles. The lowest BCUT2D eigenvalue weighted by molar-refractivity contribution is 0.550. The summed E-state index contributed by atoms with van der Waals surface area (Å²) in [4.78, 5) is 12.7. The molecule has 0 aliphatic heterocycles. The van der Waals surface area contributed by atoms with Gasteiger partial charge in [0.15, 0.2) is 5.16 Å². The molecule has 0 amide bonds. The van der Waals surface area contributed by atoms with Crippen LogP contribution in [0.25, 0.3) is 0 Å². The first kappa shape index (κ1) is 15.9. The van der Waals surface area contributed by atoms with Gasteiger partial charge >= 0.3 is 5.69 Å². The van der Waals surface area contributed by atoms with Gasteiger partial charge < -0.3 is 5.32 Å². The molecule has 0 saturated heterocycles. The van der Waals surface area contributed by atoms with E-state index in [4.69, 9.17) is 0 Å². The van der Waals surface area contributed by atoms with Gasteiger partial charge in [0.1, 0.15) is 0 Å². The predicted octanol–water partition coefficient (Wildman–Crippen LogP) is 2.49. The second-order valence-electron chi connectivity index (χ2n) is 5.29. The fourth-order valence-corrected chi connectivity index (χ4v) is 3.03. The number of H-pyrrole nitrogens is 1. The van der Waals surface area contributed by atoms with E-state index in [-0.39, 0.29) is 5.69 Å². The van der Waals surface area contributed by atoms with Crippen molar-refractivity contribution in [3.05, 3.63) is 40.3 Å². The second kappa shape index (κ2) is 7.47. The number of nitrogens with zero attached hydrogens (tertiary/aromatic N) is 2. The second-order valence-corrected chi connectivity index (χ2v) is 6.30. The average Bonchev–Trinajstić information content (AvgIpc) is 2.80. The highest BCUT2D eigenvalue weighted by molar-refractivity contribution is 7.99. The first-order valence-corrected chi connectivity index (χ1v) is 8.05. The quantitative estimate of drug-likeness (QED) is 0.825. The lowest BCUT2D eigenvalue weighted by Gasteiger charge is -2.11. The van der Waals surface area contributed by atoms with Crippen molar-refractivity contribution < 1.29 is 0 Å². The zero-order valence-corrected chi connectivity index (χ0v) is 13.5. The van der Waals surface area contributed by atoms with Crippen LogP contribution in [0.1, 0.15) is 26.3 Å². The van der Waals surface area contributed by atoms with Gasteiger partial charge in [-0.05, 0) is 42.8 Å². The van der Waals surface area contributed by atoms with Crippen LogP contribution in [0.15, 0.2) is 39.1 Å². The molecule has 1 aromatic carbocycles. The number of rotatable bonds is 7. The molecule has 1 aromatic heterocycles. The van der Waals surface area contributed by atoms with E-state index in [9.17, 15) is 4.79 Å². The Labute approximate surface area is 129 Å². The third kappa shape index (κ3) is 4.22. The Morgan fingerprint density at radius 1 is 1.38 bits per heavy atom. The Bertz CT molecular complexity index is 633. The Kier molecular flexibility index (Phi) is 5.64. The lowest BCUT2D eigenvalue weighted by atomic mass is 10.2. The molecule has 6 heteroatoms. The summed E-state index contributed by atoms with van der Waals surface area (Å²) in [5.41, 5.74) is 1.07. The molecule has 5 nitrogen and oxygen atoms in total. The summed E-state index contributed by atoms with van der Waals surface area (Å²) in [7, 11) is 0. The summed E-state index contributed by atoms with van der Waals surface area (Å²) in [6.07, 6.45) is 0. The number of hydrogen-bond acceptors (Lipinski definition) is 4. The predicted molar refractivity (Wildman–Crippen MR) is 85.6 cm³/mol. The molecule has 0 atom stereocenters. The highest BCUT2D eigenvalue weighted by Crippen LogP contribution is 2.28. The minimum absolute atomic E-state index is 0.157. The van der Waals surface area contributed by atoms with E-state index in [0.29, 0.717) is 17.6 Å². The largest absolute Gasteiger partial charge is 0.343 e. The van der Waals surface area contributed by atoms with Crippen LogP contribution in [0.3, 0.4) is 0 Å². The van der Waals surface area contributed by atoms with Gasteiger partial charge in [0, 0.05) is 18.0 Å². The molecule has 0 radical (unpaired) electrons. The molecule has 1 heterocycles. The zero-order chi connectivity index (χ0) is 15.2. The molecular formula is C15H22N4OS. The molecular weight excluding hydrogens is 284 g/mol. The zero-order valence-electron chi connectivity index (χ0n) is 12.7. The van der Waals surface area contributed by atoms with E-state index in [0.717, 1.165) is 18.0 Å². The average molecular weight is 306 g/mol. The Hall–Kier alpha value is -1.53. The van der Waals surface area contributed by atoms with E-state index in [1.54, 1.807) is 4.57 Å². The molecule has 2 N–H and O–H groups in total. The van der Waals surface area contributed by atoms with E-state index in [1.165, 1.54) is 17.3 Å². The summed E-state index contributed by atoms with van der Waals surface area (Å²) in [6, 6.07) is 8.22. The van der Waals surface area contributed by atoms with E-state index < -0.39 is 0 Å². The van der Waals surface area contributed by atoms with Crippen LogP contribution in [-0.4, -0.2) is 21.3 Å². The molecule has 2 aromatic rings. The van der Waals surface area contributed by atoms with Crippen molar-refractivity contribution in [2.75, 3.05) is 6.54 Å². The van der Waals surface area contributed by atoms with Crippen molar-refractivity contribution in [2.45, 2.75) is 43.9 Å². The normalized spacial score (nSPS) is 11.2. The number of nitrogens with one attached hydrogen (secondary N) is 2.